The third-order valence-electron chi connectivity index (χ3n) is 5.34. The minimum Gasteiger partial charge on any atom is -0.336 e. The van der Waals surface area contributed by atoms with Gasteiger partial charge in [-0.3, -0.25) is 9.69 Å². The molecular formula is C22H23N3O. The molecule has 4 heteroatoms. The Morgan fingerprint density at radius 1 is 1.04 bits per heavy atom. The highest BCUT2D eigenvalue weighted by atomic mass is 16.2. The zero-order valence-electron chi connectivity index (χ0n) is 14.9. The van der Waals surface area contributed by atoms with E-state index in [0.717, 1.165) is 43.2 Å². The van der Waals surface area contributed by atoms with E-state index in [9.17, 15) is 10.1 Å². The summed E-state index contributed by atoms with van der Waals surface area (Å²) in [6.45, 7) is 4.73. The number of carbonyl (C=O) groups excluding carboxylic acids is 1. The molecule has 1 saturated heterocycles. The van der Waals surface area contributed by atoms with Crippen LogP contribution in [0.1, 0.15) is 28.8 Å². The monoisotopic (exact) mass is 345 g/mol. The summed E-state index contributed by atoms with van der Waals surface area (Å²) in [5, 5.41) is 9.32. The molecule has 26 heavy (non-hydrogen) atoms. The van der Waals surface area contributed by atoms with Crippen molar-refractivity contribution >= 4 is 5.91 Å². The highest BCUT2D eigenvalue weighted by Gasteiger charge is 2.28. The van der Waals surface area contributed by atoms with Crippen LogP contribution in [0.3, 0.4) is 0 Å². The van der Waals surface area contributed by atoms with Crippen LogP contribution < -0.4 is 0 Å². The molecule has 1 heterocycles. The van der Waals surface area contributed by atoms with Crippen LogP contribution in [0.4, 0.5) is 0 Å². The SMILES string of the molecule is N#Cc1ccccc1-c1cccc(C(=O)N2CCN(CC3CC3)CC2)c1. The van der Waals surface area contributed by atoms with Gasteiger partial charge in [0.15, 0.2) is 0 Å². The van der Waals surface area contributed by atoms with E-state index in [0.29, 0.717) is 11.1 Å². The lowest BCUT2D eigenvalue weighted by atomic mass is 9.98. The Morgan fingerprint density at radius 2 is 1.81 bits per heavy atom. The zero-order chi connectivity index (χ0) is 17.9. The van der Waals surface area contributed by atoms with Crippen LogP contribution in [0.2, 0.25) is 0 Å². The minimum atomic E-state index is 0.0901. The molecule has 1 aliphatic heterocycles. The minimum absolute atomic E-state index is 0.0901. The molecule has 1 aliphatic carbocycles. The molecule has 0 spiro atoms. The largest absolute Gasteiger partial charge is 0.336 e. The molecule has 0 atom stereocenters. The molecule has 0 unspecified atom stereocenters. The van der Waals surface area contributed by atoms with E-state index < -0.39 is 0 Å². The summed E-state index contributed by atoms with van der Waals surface area (Å²) in [5.74, 6) is 0.987. The van der Waals surface area contributed by atoms with Crippen LogP contribution in [0.5, 0.6) is 0 Å². The maximum Gasteiger partial charge on any atom is 0.253 e. The molecule has 0 bridgehead atoms. The van der Waals surface area contributed by atoms with Gasteiger partial charge in [-0.15, -0.1) is 0 Å². The van der Waals surface area contributed by atoms with Crippen molar-refractivity contribution in [3.8, 4) is 17.2 Å². The van der Waals surface area contributed by atoms with Gasteiger partial charge >= 0.3 is 0 Å². The van der Waals surface area contributed by atoms with Crippen molar-refractivity contribution in [2.24, 2.45) is 5.92 Å². The Labute approximate surface area is 154 Å². The van der Waals surface area contributed by atoms with Gasteiger partial charge in [-0.2, -0.15) is 5.26 Å². The van der Waals surface area contributed by atoms with E-state index in [4.69, 9.17) is 0 Å². The highest BCUT2D eigenvalue weighted by molar-refractivity contribution is 5.95. The third-order valence-corrected chi connectivity index (χ3v) is 5.34. The summed E-state index contributed by atoms with van der Waals surface area (Å²) in [7, 11) is 0. The van der Waals surface area contributed by atoms with Crippen molar-refractivity contribution in [3.05, 3.63) is 59.7 Å². The molecule has 1 amide bonds. The number of rotatable bonds is 4. The van der Waals surface area contributed by atoms with E-state index in [1.807, 2.05) is 53.4 Å². The predicted octanol–water partition coefficient (Wildman–Crippen LogP) is 3.39. The first-order valence-corrected chi connectivity index (χ1v) is 9.36. The van der Waals surface area contributed by atoms with Gasteiger partial charge in [0, 0.05) is 38.3 Å². The quantitative estimate of drug-likeness (QED) is 0.853. The molecule has 2 aliphatic rings. The van der Waals surface area contributed by atoms with Gasteiger partial charge in [-0.05, 0) is 48.1 Å². The number of hydrogen-bond donors (Lipinski definition) is 0. The Hall–Kier alpha value is -2.64. The fourth-order valence-corrected chi connectivity index (χ4v) is 3.63. The standard InChI is InChI=1S/C22H23N3O/c23-15-20-4-1-2-7-21(20)18-5-3-6-19(14-18)22(26)25-12-10-24(11-13-25)16-17-8-9-17/h1-7,14,17H,8-13,16H2. The molecule has 1 saturated carbocycles. The van der Waals surface area contributed by atoms with Gasteiger partial charge < -0.3 is 4.90 Å². The summed E-state index contributed by atoms with van der Waals surface area (Å²) in [5.41, 5.74) is 3.12. The third kappa shape index (κ3) is 3.63. The normalized spacial score (nSPS) is 17.7. The van der Waals surface area contributed by atoms with E-state index in [2.05, 4.69) is 11.0 Å². The summed E-state index contributed by atoms with van der Waals surface area (Å²) in [6, 6.07) is 17.4. The van der Waals surface area contributed by atoms with Crippen molar-refractivity contribution in [1.29, 1.82) is 5.26 Å². The van der Waals surface area contributed by atoms with E-state index in [-0.39, 0.29) is 5.91 Å². The number of hydrogen-bond acceptors (Lipinski definition) is 3. The zero-order valence-corrected chi connectivity index (χ0v) is 14.9. The van der Waals surface area contributed by atoms with Gasteiger partial charge in [0.25, 0.3) is 5.91 Å². The van der Waals surface area contributed by atoms with Gasteiger partial charge in [0.05, 0.1) is 11.6 Å². The number of carbonyl (C=O) groups is 1. The molecule has 4 nitrogen and oxygen atoms in total. The van der Waals surface area contributed by atoms with Crippen LogP contribution in [0.25, 0.3) is 11.1 Å². The first-order chi connectivity index (χ1) is 12.7. The Bertz CT molecular complexity index is 842. The van der Waals surface area contributed by atoms with Gasteiger partial charge in [0.1, 0.15) is 0 Å². The Kier molecular flexibility index (Phi) is 4.73. The molecule has 132 valence electrons. The number of amides is 1. The van der Waals surface area contributed by atoms with E-state index in [1.165, 1.54) is 19.4 Å². The average molecular weight is 345 g/mol. The fraction of sp³-hybridized carbons (Fsp3) is 0.364. The van der Waals surface area contributed by atoms with Crippen molar-refractivity contribution in [1.82, 2.24) is 9.80 Å². The summed E-state index contributed by atoms with van der Waals surface area (Å²) in [6.07, 6.45) is 2.74. The molecule has 0 N–H and O–H groups in total. The van der Waals surface area contributed by atoms with Gasteiger partial charge in [0.2, 0.25) is 0 Å². The van der Waals surface area contributed by atoms with Crippen LogP contribution in [-0.4, -0.2) is 48.4 Å². The van der Waals surface area contributed by atoms with Crippen LogP contribution >= 0.6 is 0 Å². The van der Waals surface area contributed by atoms with Crippen LogP contribution in [-0.2, 0) is 0 Å². The van der Waals surface area contributed by atoms with Crippen molar-refractivity contribution in [3.63, 3.8) is 0 Å². The molecule has 2 fully saturated rings. The Balaban J connectivity index is 1.48. The fourth-order valence-electron chi connectivity index (χ4n) is 3.63. The second-order valence-electron chi connectivity index (χ2n) is 7.27. The Morgan fingerprint density at radius 3 is 2.54 bits per heavy atom. The number of benzene rings is 2. The van der Waals surface area contributed by atoms with E-state index in [1.54, 1.807) is 0 Å². The predicted molar refractivity (Wildman–Crippen MR) is 102 cm³/mol. The summed E-state index contributed by atoms with van der Waals surface area (Å²) >= 11 is 0. The molecule has 2 aromatic carbocycles. The smallest absolute Gasteiger partial charge is 0.253 e. The molecule has 0 radical (unpaired) electrons. The second-order valence-corrected chi connectivity index (χ2v) is 7.27. The van der Waals surface area contributed by atoms with Gasteiger partial charge in [-0.25, -0.2) is 0 Å². The van der Waals surface area contributed by atoms with E-state index >= 15 is 0 Å². The first-order valence-electron chi connectivity index (χ1n) is 9.36. The number of nitrogens with zero attached hydrogens (tertiary/aromatic N) is 3. The highest BCUT2D eigenvalue weighted by Crippen LogP contribution is 2.30. The van der Waals surface area contributed by atoms with Crippen molar-refractivity contribution < 1.29 is 4.79 Å². The number of piperazine rings is 1. The summed E-state index contributed by atoms with van der Waals surface area (Å²) in [4.78, 5) is 17.4. The first kappa shape index (κ1) is 16.8. The molecule has 4 rings (SSSR count). The van der Waals surface area contributed by atoms with Gasteiger partial charge in [-0.1, -0.05) is 30.3 Å². The second kappa shape index (κ2) is 7.31. The van der Waals surface area contributed by atoms with Crippen LogP contribution in [0, 0.1) is 17.2 Å². The van der Waals surface area contributed by atoms with Crippen molar-refractivity contribution in [2.75, 3.05) is 32.7 Å². The lowest BCUT2D eigenvalue weighted by Gasteiger charge is -2.34. The lowest BCUT2D eigenvalue weighted by molar-refractivity contribution is 0.0632. The number of nitriles is 1. The maximum atomic E-state index is 12.9. The van der Waals surface area contributed by atoms with Crippen LogP contribution in [0.15, 0.2) is 48.5 Å². The lowest BCUT2D eigenvalue weighted by Crippen LogP contribution is -2.49. The average Bonchev–Trinajstić information content (AvgIpc) is 3.52. The topological polar surface area (TPSA) is 47.3 Å². The molecule has 0 aromatic heterocycles. The molecule has 2 aromatic rings. The van der Waals surface area contributed by atoms with Crippen molar-refractivity contribution in [2.45, 2.75) is 12.8 Å². The maximum absolute atomic E-state index is 12.9. The summed E-state index contributed by atoms with van der Waals surface area (Å²) < 4.78 is 0. The molecular weight excluding hydrogens is 322 g/mol.